The number of para-hydroxylation sites is 1. The largest absolute Gasteiger partial charge is 0.487 e. The van der Waals surface area contributed by atoms with Gasteiger partial charge in [0.25, 0.3) is 0 Å². The molecule has 0 unspecified atom stereocenters. The van der Waals surface area contributed by atoms with Gasteiger partial charge < -0.3 is 14.6 Å². The second kappa shape index (κ2) is 9.18. The highest BCUT2D eigenvalue weighted by atomic mass is 32.2. The van der Waals surface area contributed by atoms with Gasteiger partial charge in [-0.3, -0.25) is 13.9 Å². The Labute approximate surface area is 169 Å². The molecule has 0 fully saturated rings. The molecule has 0 bridgehead atoms. The molecule has 1 aromatic carbocycles. The zero-order valence-electron chi connectivity index (χ0n) is 16.6. The van der Waals surface area contributed by atoms with Gasteiger partial charge in [-0.25, -0.2) is 9.10 Å². The topological polar surface area (TPSA) is 96.4 Å². The van der Waals surface area contributed by atoms with E-state index in [2.05, 4.69) is 0 Å². The van der Waals surface area contributed by atoms with E-state index in [0.717, 1.165) is 20.6 Å². The van der Waals surface area contributed by atoms with Gasteiger partial charge in [0.1, 0.15) is 17.9 Å². The Kier molecular flexibility index (Phi) is 7.17. The number of amides is 2. The van der Waals surface area contributed by atoms with E-state index in [0.29, 0.717) is 23.4 Å². The van der Waals surface area contributed by atoms with Crippen LogP contribution in [0.4, 0.5) is 4.79 Å². The lowest BCUT2D eigenvalue weighted by atomic mass is 10.0. The van der Waals surface area contributed by atoms with Crippen LogP contribution >= 0.6 is 12.1 Å². The number of ether oxygens (including phenoxy) is 2. The van der Waals surface area contributed by atoms with E-state index < -0.39 is 12.1 Å². The van der Waals surface area contributed by atoms with Gasteiger partial charge in [0, 0.05) is 18.4 Å². The summed E-state index contributed by atoms with van der Waals surface area (Å²) in [6, 6.07) is 5.62. The first-order valence-electron chi connectivity index (χ1n) is 9.11. The molecule has 8 nitrogen and oxygen atoms in total. The van der Waals surface area contributed by atoms with Gasteiger partial charge in [-0.15, -0.1) is 0 Å². The minimum atomic E-state index is -1.22. The van der Waals surface area contributed by atoms with Crippen LogP contribution in [0.1, 0.15) is 45.2 Å². The molecular formula is C19H26N2O6S. The molecule has 0 aliphatic carbocycles. The lowest BCUT2D eigenvalue weighted by Gasteiger charge is -2.26. The van der Waals surface area contributed by atoms with Crippen LogP contribution in [0.3, 0.4) is 0 Å². The lowest BCUT2D eigenvalue weighted by Crippen LogP contribution is -2.36. The molecular weight excluding hydrogens is 384 g/mol. The van der Waals surface area contributed by atoms with E-state index in [1.54, 1.807) is 19.9 Å². The van der Waals surface area contributed by atoms with Crippen molar-refractivity contribution in [1.29, 1.82) is 0 Å². The number of carbonyl (C=O) groups excluding carboxylic acids is 2. The first-order chi connectivity index (χ1) is 13.2. The van der Waals surface area contributed by atoms with Gasteiger partial charge in [0.2, 0.25) is 5.91 Å². The van der Waals surface area contributed by atoms with Crippen LogP contribution in [0.15, 0.2) is 18.2 Å². The van der Waals surface area contributed by atoms with Crippen LogP contribution in [-0.4, -0.2) is 50.4 Å². The molecule has 0 spiro atoms. The zero-order chi connectivity index (χ0) is 20.9. The number of carbonyl (C=O) groups is 3. The van der Waals surface area contributed by atoms with Crippen LogP contribution in [0, 0.1) is 0 Å². The summed E-state index contributed by atoms with van der Waals surface area (Å²) in [5.41, 5.74) is 1.37. The molecule has 1 aliphatic heterocycles. The number of esters is 1. The Balaban J connectivity index is 2.19. The summed E-state index contributed by atoms with van der Waals surface area (Å²) in [5, 5.41) is 9.64. The molecule has 2 rings (SSSR count). The third-order valence-electron chi connectivity index (χ3n) is 4.06. The highest BCUT2D eigenvalue weighted by Crippen LogP contribution is 2.38. The Morgan fingerprint density at radius 1 is 1.25 bits per heavy atom. The monoisotopic (exact) mass is 410 g/mol. The number of fused-ring (bicyclic) bond motifs is 1. The summed E-state index contributed by atoms with van der Waals surface area (Å²) in [4.78, 5) is 35.8. The maximum Gasteiger partial charge on any atom is 0.419 e. The quantitative estimate of drug-likeness (QED) is 0.519. The van der Waals surface area contributed by atoms with E-state index in [-0.39, 0.29) is 37.6 Å². The molecule has 0 saturated carbocycles. The van der Waals surface area contributed by atoms with E-state index in [9.17, 15) is 19.5 Å². The molecule has 1 aliphatic rings. The number of rotatable bonds is 8. The molecule has 28 heavy (non-hydrogen) atoms. The maximum absolute atomic E-state index is 12.2. The van der Waals surface area contributed by atoms with Crippen molar-refractivity contribution >= 4 is 30.1 Å². The Morgan fingerprint density at radius 3 is 2.57 bits per heavy atom. The molecule has 1 heterocycles. The van der Waals surface area contributed by atoms with Gasteiger partial charge in [-0.05, 0) is 26.3 Å². The SMILES string of the molecule is CCOC(=O)CN(SN(Cc1cccc2c1OC(C)(C)C2)C(=O)O)C(=O)CC. The molecule has 0 radical (unpaired) electrons. The fraction of sp³-hybridized carbons (Fsp3) is 0.526. The molecule has 9 heteroatoms. The molecule has 0 aromatic heterocycles. The van der Waals surface area contributed by atoms with Crippen molar-refractivity contribution in [2.24, 2.45) is 0 Å². The first kappa shape index (κ1) is 21.9. The van der Waals surface area contributed by atoms with Crippen molar-refractivity contribution in [3.63, 3.8) is 0 Å². The molecule has 1 aromatic rings. The van der Waals surface area contributed by atoms with Crippen molar-refractivity contribution in [3.05, 3.63) is 29.3 Å². The van der Waals surface area contributed by atoms with Crippen molar-refractivity contribution in [2.45, 2.75) is 52.7 Å². The van der Waals surface area contributed by atoms with Crippen molar-refractivity contribution in [3.8, 4) is 5.75 Å². The Hall–Kier alpha value is -2.42. The van der Waals surface area contributed by atoms with Crippen LogP contribution in [0.2, 0.25) is 0 Å². The second-order valence-corrected chi connectivity index (χ2v) is 7.98. The Bertz CT molecular complexity index is 752. The maximum atomic E-state index is 12.2. The summed E-state index contributed by atoms with van der Waals surface area (Å²) in [5.74, 6) is -0.272. The van der Waals surface area contributed by atoms with Crippen molar-refractivity contribution in [1.82, 2.24) is 8.61 Å². The van der Waals surface area contributed by atoms with Crippen LogP contribution in [-0.2, 0) is 27.3 Å². The summed E-state index contributed by atoms with van der Waals surface area (Å²) in [6.45, 7) is 7.12. The fourth-order valence-electron chi connectivity index (χ4n) is 2.87. The summed E-state index contributed by atoms with van der Waals surface area (Å²) < 4.78 is 13.0. The normalized spacial score (nSPS) is 14.0. The summed E-state index contributed by atoms with van der Waals surface area (Å²) >= 11 is 0.686. The van der Waals surface area contributed by atoms with Gasteiger partial charge in [-0.2, -0.15) is 0 Å². The van der Waals surface area contributed by atoms with Gasteiger partial charge in [-0.1, -0.05) is 25.1 Å². The highest BCUT2D eigenvalue weighted by Gasteiger charge is 2.33. The zero-order valence-corrected chi connectivity index (χ0v) is 17.4. The van der Waals surface area contributed by atoms with Gasteiger partial charge in [0.15, 0.2) is 0 Å². The Morgan fingerprint density at radius 2 is 1.96 bits per heavy atom. The van der Waals surface area contributed by atoms with Crippen LogP contribution < -0.4 is 4.74 Å². The van der Waals surface area contributed by atoms with E-state index >= 15 is 0 Å². The second-order valence-electron chi connectivity index (χ2n) is 6.93. The van der Waals surface area contributed by atoms with Crippen LogP contribution in [0.25, 0.3) is 0 Å². The lowest BCUT2D eigenvalue weighted by molar-refractivity contribution is -0.145. The number of benzene rings is 1. The van der Waals surface area contributed by atoms with Gasteiger partial charge >= 0.3 is 12.1 Å². The average Bonchev–Trinajstić information content (AvgIpc) is 2.94. The van der Waals surface area contributed by atoms with Crippen molar-refractivity contribution in [2.75, 3.05) is 13.2 Å². The number of nitrogens with zero attached hydrogens (tertiary/aromatic N) is 2. The van der Waals surface area contributed by atoms with E-state index in [1.807, 2.05) is 26.0 Å². The molecule has 2 amide bonds. The molecule has 0 saturated heterocycles. The predicted molar refractivity (Wildman–Crippen MR) is 105 cm³/mol. The average molecular weight is 410 g/mol. The smallest absolute Gasteiger partial charge is 0.419 e. The van der Waals surface area contributed by atoms with E-state index in [1.165, 1.54) is 0 Å². The minimum absolute atomic E-state index is 0.00950. The van der Waals surface area contributed by atoms with Crippen molar-refractivity contribution < 1.29 is 29.0 Å². The number of hydrogen-bond donors (Lipinski definition) is 1. The van der Waals surface area contributed by atoms with Gasteiger partial charge in [0.05, 0.1) is 25.3 Å². The standard InChI is InChI=1S/C19H26N2O6S/c1-5-15(22)20(12-16(23)26-6-2)28-21(18(24)25)11-14-9-7-8-13-10-19(3,4)27-17(13)14/h7-9H,5-6,10-12H2,1-4H3,(H,24,25). The fourth-order valence-corrected chi connectivity index (χ4v) is 3.76. The molecule has 0 atom stereocenters. The minimum Gasteiger partial charge on any atom is -0.487 e. The summed E-state index contributed by atoms with van der Waals surface area (Å²) in [6.07, 6.45) is -0.352. The number of hydrogen-bond acceptors (Lipinski definition) is 6. The van der Waals surface area contributed by atoms with E-state index in [4.69, 9.17) is 9.47 Å². The predicted octanol–water partition coefficient (Wildman–Crippen LogP) is 3.25. The molecule has 154 valence electrons. The third-order valence-corrected chi connectivity index (χ3v) is 5.07. The third kappa shape index (κ3) is 5.54. The first-order valence-corrected chi connectivity index (χ1v) is 9.84. The van der Waals surface area contributed by atoms with Crippen LogP contribution in [0.5, 0.6) is 5.75 Å². The highest BCUT2D eigenvalue weighted by molar-refractivity contribution is 7.95. The molecule has 1 N–H and O–H groups in total. The number of carboxylic acid groups (broad SMARTS) is 1. The summed E-state index contributed by atoms with van der Waals surface area (Å²) in [7, 11) is 0.